The molecule has 0 aliphatic carbocycles. The summed E-state index contributed by atoms with van der Waals surface area (Å²) in [5.74, 6) is 2.11. The minimum absolute atomic E-state index is 0.0669. The Hall–Kier alpha value is -2.73. The summed E-state index contributed by atoms with van der Waals surface area (Å²) in [6.07, 6.45) is 2.99. The van der Waals surface area contributed by atoms with E-state index in [0.29, 0.717) is 46.5 Å². The molecule has 1 aliphatic heterocycles. The molecule has 0 unspecified atom stereocenters. The molecule has 208 valence electrons. The Bertz CT molecular complexity index is 1230. The van der Waals surface area contributed by atoms with E-state index in [1.54, 1.807) is 6.07 Å². The molecule has 7 heteroatoms. The number of benzene rings is 3. The maximum absolute atomic E-state index is 12.5. The van der Waals surface area contributed by atoms with E-state index in [0.717, 1.165) is 36.1 Å². The van der Waals surface area contributed by atoms with Gasteiger partial charge in [-0.15, -0.1) is 0 Å². The fourth-order valence-corrected chi connectivity index (χ4v) is 5.54. The molecule has 1 N–H and O–H groups in total. The first-order valence-corrected chi connectivity index (χ1v) is 14.4. The Kier molecular flexibility index (Phi) is 10.6. The standard InChI is InChI=1S/C32H37Cl2NO4/c1-4-5-15-37-26-12-10-25(11-13-26)35-31(36)20-38-27-8-6-7-22(16-27)32-29(21(2)3)17-23(19-39-32)28-14-9-24(33)18-30(28)34/h6-14,16,18,21,23,29,32H,4-5,15,17,19-20H2,1-3H3,(H,35,36)/t23-,29-,32-/m0/s1. The molecule has 1 fully saturated rings. The Morgan fingerprint density at radius 2 is 1.82 bits per heavy atom. The summed E-state index contributed by atoms with van der Waals surface area (Å²) in [6, 6.07) is 20.9. The van der Waals surface area contributed by atoms with Gasteiger partial charge < -0.3 is 19.5 Å². The topological polar surface area (TPSA) is 56.8 Å². The molecule has 3 aromatic carbocycles. The van der Waals surface area contributed by atoms with Crippen molar-refractivity contribution in [3.8, 4) is 11.5 Å². The summed E-state index contributed by atoms with van der Waals surface area (Å²) in [5.41, 5.74) is 2.82. The maximum Gasteiger partial charge on any atom is 0.262 e. The fraction of sp³-hybridized carbons (Fsp3) is 0.406. The van der Waals surface area contributed by atoms with Gasteiger partial charge in [0.05, 0.1) is 19.3 Å². The smallest absolute Gasteiger partial charge is 0.262 e. The molecule has 1 saturated heterocycles. The monoisotopic (exact) mass is 569 g/mol. The summed E-state index contributed by atoms with van der Waals surface area (Å²) < 4.78 is 18.0. The number of hydrogen-bond acceptors (Lipinski definition) is 4. The van der Waals surface area contributed by atoms with E-state index in [4.69, 9.17) is 37.4 Å². The molecule has 1 aliphatic rings. The van der Waals surface area contributed by atoms with Gasteiger partial charge in [0.1, 0.15) is 11.5 Å². The lowest BCUT2D eigenvalue weighted by atomic mass is 9.76. The van der Waals surface area contributed by atoms with Crippen molar-refractivity contribution in [3.63, 3.8) is 0 Å². The van der Waals surface area contributed by atoms with Crippen LogP contribution in [0.2, 0.25) is 10.0 Å². The number of halogens is 2. The summed E-state index contributed by atoms with van der Waals surface area (Å²) >= 11 is 12.6. The van der Waals surface area contributed by atoms with Gasteiger partial charge in [-0.2, -0.15) is 0 Å². The van der Waals surface area contributed by atoms with Crippen molar-refractivity contribution < 1.29 is 19.0 Å². The van der Waals surface area contributed by atoms with Gasteiger partial charge in [0.2, 0.25) is 0 Å². The van der Waals surface area contributed by atoms with Gasteiger partial charge in [-0.3, -0.25) is 4.79 Å². The third-order valence-corrected chi connectivity index (χ3v) is 7.70. The number of rotatable bonds is 11. The molecular weight excluding hydrogens is 533 g/mol. The fourth-order valence-electron chi connectivity index (χ4n) is 4.97. The van der Waals surface area contributed by atoms with Crippen LogP contribution in [0.5, 0.6) is 11.5 Å². The number of hydrogen-bond donors (Lipinski definition) is 1. The number of unbranched alkanes of at least 4 members (excludes halogenated alkanes) is 1. The Morgan fingerprint density at radius 1 is 1.03 bits per heavy atom. The Balaban J connectivity index is 1.34. The van der Waals surface area contributed by atoms with Gasteiger partial charge >= 0.3 is 0 Å². The van der Waals surface area contributed by atoms with Gasteiger partial charge in [-0.25, -0.2) is 0 Å². The second kappa shape index (κ2) is 14.1. The third kappa shape index (κ3) is 8.14. The molecule has 1 heterocycles. The number of nitrogens with one attached hydrogen (secondary N) is 1. The lowest BCUT2D eigenvalue weighted by Crippen LogP contribution is -2.31. The molecule has 1 amide bonds. The maximum atomic E-state index is 12.5. The Morgan fingerprint density at radius 3 is 2.54 bits per heavy atom. The van der Waals surface area contributed by atoms with Crippen LogP contribution in [0.15, 0.2) is 66.7 Å². The zero-order valence-corrected chi connectivity index (χ0v) is 24.3. The SMILES string of the molecule is CCCCOc1ccc(NC(=O)COc2cccc([C@@H]3OC[C@@H](c4ccc(Cl)cc4Cl)C[C@H]3C(C)C)c2)cc1. The molecule has 0 saturated carbocycles. The molecule has 0 spiro atoms. The van der Waals surface area contributed by atoms with Gasteiger partial charge in [0.25, 0.3) is 5.91 Å². The first-order chi connectivity index (χ1) is 18.8. The second-order valence-corrected chi connectivity index (χ2v) is 11.2. The van der Waals surface area contributed by atoms with Gasteiger partial charge in [0.15, 0.2) is 6.61 Å². The number of carbonyl (C=O) groups excluding carboxylic acids is 1. The minimum atomic E-state index is -0.225. The quantitative estimate of drug-likeness (QED) is 0.234. The largest absolute Gasteiger partial charge is 0.494 e. The van der Waals surface area contributed by atoms with Crippen molar-refractivity contribution in [1.82, 2.24) is 0 Å². The molecule has 5 nitrogen and oxygen atoms in total. The van der Waals surface area contributed by atoms with Gasteiger partial charge in [0, 0.05) is 21.7 Å². The number of ether oxygens (including phenoxy) is 3. The molecule has 0 radical (unpaired) electrons. The van der Waals surface area contributed by atoms with Crippen LogP contribution in [0, 0.1) is 11.8 Å². The first-order valence-electron chi connectivity index (χ1n) is 13.7. The zero-order chi connectivity index (χ0) is 27.8. The molecular formula is C32H37Cl2NO4. The van der Waals surface area contributed by atoms with Crippen molar-refractivity contribution in [3.05, 3.63) is 87.9 Å². The van der Waals surface area contributed by atoms with E-state index in [2.05, 4.69) is 32.2 Å². The van der Waals surface area contributed by atoms with E-state index in [9.17, 15) is 4.79 Å². The molecule has 3 atom stereocenters. The average Bonchev–Trinajstić information content (AvgIpc) is 2.93. The van der Waals surface area contributed by atoms with Crippen LogP contribution in [0.25, 0.3) is 0 Å². The van der Waals surface area contributed by atoms with E-state index in [1.165, 1.54) is 0 Å². The van der Waals surface area contributed by atoms with Crippen molar-refractivity contribution >= 4 is 34.8 Å². The minimum Gasteiger partial charge on any atom is -0.494 e. The molecule has 4 rings (SSSR count). The third-order valence-electron chi connectivity index (χ3n) is 7.14. The van der Waals surface area contributed by atoms with E-state index >= 15 is 0 Å². The van der Waals surface area contributed by atoms with Crippen LogP contribution < -0.4 is 14.8 Å². The summed E-state index contributed by atoms with van der Waals surface area (Å²) in [5, 5.41) is 4.19. The highest BCUT2D eigenvalue weighted by Crippen LogP contribution is 2.45. The molecule has 0 aromatic heterocycles. The first kappa shape index (κ1) is 29.3. The second-order valence-electron chi connectivity index (χ2n) is 10.4. The Labute approximate surface area is 241 Å². The molecule has 3 aromatic rings. The van der Waals surface area contributed by atoms with Crippen LogP contribution in [0.4, 0.5) is 5.69 Å². The predicted molar refractivity (Wildman–Crippen MR) is 158 cm³/mol. The van der Waals surface area contributed by atoms with Crippen molar-refractivity contribution in [2.24, 2.45) is 11.8 Å². The highest BCUT2D eigenvalue weighted by Gasteiger charge is 2.35. The van der Waals surface area contributed by atoms with Gasteiger partial charge in [-0.1, -0.05) is 68.6 Å². The highest BCUT2D eigenvalue weighted by molar-refractivity contribution is 6.35. The lowest BCUT2D eigenvalue weighted by molar-refractivity contribution is -0.118. The lowest BCUT2D eigenvalue weighted by Gasteiger charge is -2.39. The van der Waals surface area contributed by atoms with Crippen molar-refractivity contribution in [2.75, 3.05) is 25.1 Å². The van der Waals surface area contributed by atoms with Crippen LogP contribution in [0.1, 0.15) is 63.2 Å². The van der Waals surface area contributed by atoms with E-state index in [-0.39, 0.29) is 24.5 Å². The van der Waals surface area contributed by atoms with E-state index < -0.39 is 0 Å². The van der Waals surface area contributed by atoms with Crippen LogP contribution in [-0.2, 0) is 9.53 Å². The normalized spacial score (nSPS) is 19.1. The van der Waals surface area contributed by atoms with Crippen molar-refractivity contribution in [1.29, 1.82) is 0 Å². The van der Waals surface area contributed by atoms with Crippen molar-refractivity contribution in [2.45, 2.75) is 52.1 Å². The van der Waals surface area contributed by atoms with Crippen LogP contribution >= 0.6 is 23.2 Å². The van der Waals surface area contributed by atoms with E-state index in [1.807, 2.05) is 54.6 Å². The zero-order valence-electron chi connectivity index (χ0n) is 22.8. The molecule has 0 bridgehead atoms. The van der Waals surface area contributed by atoms with Gasteiger partial charge in [-0.05, 0) is 84.3 Å². The van der Waals surface area contributed by atoms with Crippen LogP contribution in [-0.4, -0.2) is 25.7 Å². The molecule has 39 heavy (non-hydrogen) atoms. The highest BCUT2D eigenvalue weighted by atomic mass is 35.5. The number of anilines is 1. The predicted octanol–water partition coefficient (Wildman–Crippen LogP) is 8.71. The van der Waals surface area contributed by atoms with Crippen LogP contribution in [0.3, 0.4) is 0 Å². The summed E-state index contributed by atoms with van der Waals surface area (Å²) in [7, 11) is 0. The number of amides is 1. The summed E-state index contributed by atoms with van der Waals surface area (Å²) in [6.45, 7) is 7.75. The summed E-state index contributed by atoms with van der Waals surface area (Å²) in [4.78, 5) is 12.5. The number of carbonyl (C=O) groups is 1. The average molecular weight is 571 g/mol.